The number of rotatable bonds is 7. The van der Waals surface area contributed by atoms with Gasteiger partial charge in [0.1, 0.15) is 5.75 Å². The summed E-state index contributed by atoms with van der Waals surface area (Å²) in [5.41, 5.74) is -3.58. The minimum absolute atomic E-state index is 0.183. The van der Waals surface area contributed by atoms with Gasteiger partial charge in [-0.3, -0.25) is 4.79 Å². The average molecular weight is 490 g/mol. The quantitative estimate of drug-likeness (QED) is 0.597. The summed E-state index contributed by atoms with van der Waals surface area (Å²) in [6.45, 7) is 0. The summed E-state index contributed by atoms with van der Waals surface area (Å²) < 4.78 is 57.2. The Morgan fingerprint density at radius 1 is 1.03 bits per heavy atom. The summed E-state index contributed by atoms with van der Waals surface area (Å²) >= 11 is 3.24. The van der Waals surface area contributed by atoms with Crippen molar-refractivity contribution in [2.45, 2.75) is 17.8 Å². The lowest BCUT2D eigenvalue weighted by Crippen LogP contribution is -2.57. The molecule has 0 aliphatic rings. The zero-order valence-corrected chi connectivity index (χ0v) is 17.8. The van der Waals surface area contributed by atoms with E-state index in [1.54, 1.807) is 0 Å². The first-order valence-corrected chi connectivity index (χ1v) is 9.31. The highest BCUT2D eigenvalue weighted by molar-refractivity contribution is 9.10. The molecule has 10 heteroatoms. The van der Waals surface area contributed by atoms with Crippen molar-refractivity contribution in [3.8, 4) is 5.75 Å². The largest absolute Gasteiger partial charge is 0.496 e. The first-order valence-electron chi connectivity index (χ1n) is 8.52. The first-order chi connectivity index (χ1) is 14.1. The van der Waals surface area contributed by atoms with Crippen molar-refractivity contribution in [2.24, 2.45) is 0 Å². The average Bonchev–Trinajstić information content (AvgIpc) is 2.72. The Kier molecular flexibility index (Phi) is 7.49. The number of ether oxygens (including phenoxy) is 3. The fraction of sp³-hybridized carbons (Fsp3) is 0.300. The van der Waals surface area contributed by atoms with E-state index >= 15 is 0 Å². The Morgan fingerprint density at radius 2 is 1.67 bits per heavy atom. The molecule has 2 rings (SSSR count). The van der Waals surface area contributed by atoms with Gasteiger partial charge >= 0.3 is 12.1 Å². The van der Waals surface area contributed by atoms with E-state index in [0.29, 0.717) is 10.2 Å². The lowest BCUT2D eigenvalue weighted by atomic mass is 9.91. The van der Waals surface area contributed by atoms with Crippen LogP contribution in [-0.4, -0.2) is 39.4 Å². The Hall–Kier alpha value is -2.59. The van der Waals surface area contributed by atoms with Gasteiger partial charge in [0.2, 0.25) is 0 Å². The van der Waals surface area contributed by atoms with Crippen LogP contribution in [0.15, 0.2) is 53.0 Å². The van der Waals surface area contributed by atoms with Gasteiger partial charge in [0.25, 0.3) is 11.5 Å². The van der Waals surface area contributed by atoms with Gasteiger partial charge in [-0.15, -0.1) is 0 Å². The van der Waals surface area contributed by atoms with Gasteiger partial charge in [-0.05, 0) is 33.6 Å². The van der Waals surface area contributed by atoms with Crippen molar-refractivity contribution in [1.82, 2.24) is 5.32 Å². The molecule has 1 amide bonds. The standard InChI is InChI=1S/C20H19BrF3NO5/c1-28-15-10-9-12(11-14(15)21)16(17(26)29-2)25-18(27)19(30-3,20(22,23)24)13-7-5-4-6-8-13/h4-11,16H,1-3H3,(H,25,27)/t16-,19+/m0/s1. The number of hydrogen-bond acceptors (Lipinski definition) is 5. The van der Waals surface area contributed by atoms with Gasteiger partial charge in [-0.25, -0.2) is 4.79 Å². The highest BCUT2D eigenvalue weighted by Gasteiger charge is 2.63. The van der Waals surface area contributed by atoms with Crippen molar-refractivity contribution in [2.75, 3.05) is 21.3 Å². The molecule has 0 fully saturated rings. The van der Waals surface area contributed by atoms with E-state index in [2.05, 4.69) is 26.0 Å². The first kappa shape index (κ1) is 23.7. The second-order valence-corrected chi connectivity index (χ2v) is 6.93. The van der Waals surface area contributed by atoms with Crippen LogP contribution in [0.4, 0.5) is 13.2 Å². The second kappa shape index (κ2) is 9.48. The van der Waals surface area contributed by atoms with Crippen LogP contribution in [0.25, 0.3) is 0 Å². The van der Waals surface area contributed by atoms with Crippen LogP contribution in [0.3, 0.4) is 0 Å². The number of hydrogen-bond donors (Lipinski definition) is 1. The van der Waals surface area contributed by atoms with E-state index in [-0.39, 0.29) is 5.56 Å². The summed E-state index contributed by atoms with van der Waals surface area (Å²) in [7, 11) is 3.26. The Bertz CT molecular complexity index is 907. The highest BCUT2D eigenvalue weighted by Crippen LogP contribution is 2.42. The Morgan fingerprint density at radius 3 is 2.13 bits per heavy atom. The topological polar surface area (TPSA) is 73.9 Å². The molecule has 2 aromatic carbocycles. The van der Waals surface area contributed by atoms with Crippen molar-refractivity contribution < 1.29 is 37.0 Å². The molecule has 0 aliphatic carbocycles. The number of esters is 1. The molecule has 0 unspecified atom stereocenters. The normalized spacial score (nSPS) is 14.4. The van der Waals surface area contributed by atoms with Crippen molar-refractivity contribution in [1.29, 1.82) is 0 Å². The van der Waals surface area contributed by atoms with Crippen LogP contribution in [0.2, 0.25) is 0 Å². The van der Waals surface area contributed by atoms with Gasteiger partial charge < -0.3 is 19.5 Å². The molecular weight excluding hydrogens is 471 g/mol. The monoisotopic (exact) mass is 489 g/mol. The fourth-order valence-electron chi connectivity index (χ4n) is 2.91. The number of alkyl halides is 3. The maximum Gasteiger partial charge on any atom is 0.430 e. The number of benzene rings is 2. The van der Waals surface area contributed by atoms with Crippen molar-refractivity contribution >= 4 is 27.8 Å². The minimum atomic E-state index is -5.12. The molecule has 0 heterocycles. The lowest BCUT2D eigenvalue weighted by Gasteiger charge is -2.34. The van der Waals surface area contributed by atoms with Gasteiger partial charge in [-0.2, -0.15) is 13.2 Å². The van der Waals surface area contributed by atoms with E-state index in [1.165, 1.54) is 43.5 Å². The fourth-order valence-corrected chi connectivity index (χ4v) is 3.47. The number of nitrogens with one attached hydrogen (secondary N) is 1. The number of methoxy groups -OCH3 is 3. The lowest BCUT2D eigenvalue weighted by molar-refractivity contribution is -0.266. The molecule has 0 spiro atoms. The zero-order chi connectivity index (χ0) is 22.5. The summed E-state index contributed by atoms with van der Waals surface area (Å²) in [5, 5.41) is 2.13. The van der Waals surface area contributed by atoms with Crippen LogP contribution in [-0.2, 0) is 24.7 Å². The molecule has 1 N–H and O–H groups in total. The van der Waals surface area contributed by atoms with E-state index in [1.807, 2.05) is 0 Å². The minimum Gasteiger partial charge on any atom is -0.496 e. The predicted octanol–water partition coefficient (Wildman–Crippen LogP) is 3.89. The van der Waals surface area contributed by atoms with Crippen LogP contribution in [0, 0.1) is 0 Å². The highest BCUT2D eigenvalue weighted by atomic mass is 79.9. The second-order valence-electron chi connectivity index (χ2n) is 6.07. The van der Waals surface area contributed by atoms with Crippen molar-refractivity contribution in [3.63, 3.8) is 0 Å². The third-order valence-corrected chi connectivity index (χ3v) is 5.05. The van der Waals surface area contributed by atoms with Crippen LogP contribution >= 0.6 is 15.9 Å². The smallest absolute Gasteiger partial charge is 0.430 e. The third kappa shape index (κ3) is 4.44. The van der Waals surface area contributed by atoms with E-state index < -0.39 is 35.3 Å². The maximum atomic E-state index is 14.1. The third-order valence-electron chi connectivity index (χ3n) is 4.43. The SMILES string of the molecule is COC(=O)[C@@H](NC(=O)[C@](OC)(c1ccccc1)C(F)(F)F)c1ccc(OC)c(Br)c1. The van der Waals surface area contributed by atoms with Crippen molar-refractivity contribution in [3.05, 3.63) is 64.1 Å². The molecular formula is C20H19BrF3NO5. The molecule has 6 nitrogen and oxygen atoms in total. The van der Waals surface area contributed by atoms with E-state index in [0.717, 1.165) is 26.4 Å². The molecule has 0 aliphatic heterocycles. The molecule has 0 saturated carbocycles. The van der Waals surface area contributed by atoms with Gasteiger partial charge in [0.15, 0.2) is 6.04 Å². The summed E-state index contributed by atoms with van der Waals surface area (Å²) in [5.74, 6) is -2.09. The molecule has 2 aromatic rings. The van der Waals surface area contributed by atoms with Crippen LogP contribution < -0.4 is 10.1 Å². The molecule has 0 radical (unpaired) electrons. The van der Waals surface area contributed by atoms with Gasteiger partial charge in [-0.1, -0.05) is 36.4 Å². The Labute approximate surface area is 179 Å². The Balaban J connectivity index is 2.53. The number of carbonyl (C=O) groups excluding carboxylic acids is 2. The molecule has 0 saturated heterocycles. The molecule has 2 atom stereocenters. The summed E-state index contributed by atoms with van der Waals surface area (Å²) in [4.78, 5) is 25.3. The number of halogens is 4. The molecule has 30 heavy (non-hydrogen) atoms. The van der Waals surface area contributed by atoms with E-state index in [4.69, 9.17) is 9.47 Å². The molecule has 162 valence electrons. The molecule has 0 bridgehead atoms. The molecule has 0 aromatic heterocycles. The summed E-state index contributed by atoms with van der Waals surface area (Å²) in [6.07, 6.45) is -5.12. The van der Waals surface area contributed by atoms with Crippen LogP contribution in [0.1, 0.15) is 17.2 Å². The predicted molar refractivity (Wildman–Crippen MR) is 105 cm³/mol. The van der Waals surface area contributed by atoms with Crippen LogP contribution in [0.5, 0.6) is 5.75 Å². The van der Waals surface area contributed by atoms with Gasteiger partial charge in [0.05, 0.1) is 18.7 Å². The van der Waals surface area contributed by atoms with Gasteiger partial charge in [0, 0.05) is 12.7 Å². The number of carbonyl (C=O) groups is 2. The number of amides is 1. The maximum absolute atomic E-state index is 14.1. The van der Waals surface area contributed by atoms with E-state index in [9.17, 15) is 22.8 Å². The summed E-state index contributed by atoms with van der Waals surface area (Å²) in [6, 6.07) is 9.27. The zero-order valence-electron chi connectivity index (χ0n) is 16.2.